The van der Waals surface area contributed by atoms with E-state index in [0.717, 1.165) is 22.2 Å². The molecule has 3 rings (SSSR count). The van der Waals surface area contributed by atoms with Gasteiger partial charge in [-0.25, -0.2) is 4.79 Å². The molecule has 0 unspecified atom stereocenters. The molecule has 3 aromatic rings. The zero-order valence-electron chi connectivity index (χ0n) is 14.5. The van der Waals surface area contributed by atoms with E-state index < -0.39 is 12.1 Å². The lowest BCUT2D eigenvalue weighted by atomic mass is 10.0. The van der Waals surface area contributed by atoms with Crippen molar-refractivity contribution in [2.24, 2.45) is 0 Å². The van der Waals surface area contributed by atoms with Gasteiger partial charge in [0.25, 0.3) is 0 Å². The summed E-state index contributed by atoms with van der Waals surface area (Å²) in [6, 6.07) is 8.84. The first-order chi connectivity index (χ1) is 12.5. The third-order valence-corrected chi connectivity index (χ3v) is 4.00. The highest BCUT2D eigenvalue weighted by molar-refractivity contribution is 5.87. The fraction of sp³-hybridized carbons (Fsp3) is 0.211. The number of aromatic nitrogens is 2. The van der Waals surface area contributed by atoms with Crippen LogP contribution in [-0.2, 0) is 0 Å². The number of fused-ring (bicyclic) bond motifs is 1. The second-order valence-electron chi connectivity index (χ2n) is 5.84. The number of hydrogen-bond donors (Lipinski definition) is 2. The van der Waals surface area contributed by atoms with Crippen LogP contribution in [0, 0.1) is 6.92 Å². The Labute approximate surface area is 150 Å². The summed E-state index contributed by atoms with van der Waals surface area (Å²) < 4.78 is 10.9. The van der Waals surface area contributed by atoms with Gasteiger partial charge in [0.1, 0.15) is 11.4 Å². The van der Waals surface area contributed by atoms with Gasteiger partial charge in [0, 0.05) is 23.2 Å². The standard InChI is InChI=1S/C19H19N3O4/c1-4-5-14(21-19(23)24)16-10-18(26-22-16)13-8-12-7-6-11(2)20-15(12)9-17(13)25-3/h4,6-10,14,21H,1,5H2,2-3H3,(H,23,24)/t14-/m0/s1. The zero-order chi connectivity index (χ0) is 18.7. The maximum atomic E-state index is 11.0. The average Bonchev–Trinajstić information content (AvgIpc) is 3.09. The van der Waals surface area contributed by atoms with Gasteiger partial charge in [-0.15, -0.1) is 6.58 Å². The molecule has 26 heavy (non-hydrogen) atoms. The molecular formula is C19H19N3O4. The third-order valence-electron chi connectivity index (χ3n) is 4.00. The number of carboxylic acid groups (broad SMARTS) is 1. The van der Waals surface area contributed by atoms with Crippen molar-refractivity contribution in [1.29, 1.82) is 0 Å². The number of rotatable bonds is 6. The van der Waals surface area contributed by atoms with E-state index in [1.165, 1.54) is 0 Å². The van der Waals surface area contributed by atoms with Crippen molar-refractivity contribution in [3.8, 4) is 17.1 Å². The fourth-order valence-corrected chi connectivity index (χ4v) is 2.76. The number of nitrogens with zero attached hydrogens (tertiary/aromatic N) is 2. The second kappa shape index (κ2) is 7.26. The van der Waals surface area contributed by atoms with Gasteiger partial charge in [0.15, 0.2) is 5.76 Å². The molecule has 0 bridgehead atoms. The van der Waals surface area contributed by atoms with Crippen molar-refractivity contribution in [1.82, 2.24) is 15.5 Å². The molecule has 2 aromatic heterocycles. The quantitative estimate of drug-likeness (QED) is 0.648. The van der Waals surface area contributed by atoms with Crippen molar-refractivity contribution >= 4 is 17.0 Å². The van der Waals surface area contributed by atoms with Gasteiger partial charge >= 0.3 is 6.09 Å². The minimum atomic E-state index is -1.13. The molecule has 0 aliphatic rings. The average molecular weight is 353 g/mol. The largest absolute Gasteiger partial charge is 0.496 e. The van der Waals surface area contributed by atoms with E-state index in [9.17, 15) is 4.79 Å². The van der Waals surface area contributed by atoms with E-state index in [4.69, 9.17) is 14.4 Å². The first-order valence-electron chi connectivity index (χ1n) is 8.04. The summed E-state index contributed by atoms with van der Waals surface area (Å²) in [5, 5.41) is 16.4. The summed E-state index contributed by atoms with van der Waals surface area (Å²) >= 11 is 0. The predicted octanol–water partition coefficient (Wildman–Crippen LogP) is 4.09. The highest BCUT2D eigenvalue weighted by Gasteiger charge is 2.20. The maximum absolute atomic E-state index is 11.0. The Morgan fingerprint density at radius 1 is 1.42 bits per heavy atom. The highest BCUT2D eigenvalue weighted by Crippen LogP contribution is 2.35. The summed E-state index contributed by atoms with van der Waals surface area (Å²) in [6.45, 7) is 5.58. The number of ether oxygens (including phenoxy) is 1. The normalized spacial score (nSPS) is 11.9. The van der Waals surface area contributed by atoms with Crippen molar-refractivity contribution in [3.63, 3.8) is 0 Å². The highest BCUT2D eigenvalue weighted by atomic mass is 16.5. The molecule has 0 spiro atoms. The Bertz CT molecular complexity index is 965. The molecule has 1 atom stereocenters. The van der Waals surface area contributed by atoms with Gasteiger partial charge in [0.05, 0.1) is 24.2 Å². The molecule has 134 valence electrons. The smallest absolute Gasteiger partial charge is 0.405 e. The van der Waals surface area contributed by atoms with Crippen molar-refractivity contribution < 1.29 is 19.2 Å². The van der Waals surface area contributed by atoms with E-state index >= 15 is 0 Å². The minimum Gasteiger partial charge on any atom is -0.496 e. The lowest BCUT2D eigenvalue weighted by Gasteiger charge is -2.11. The number of pyridine rings is 1. The van der Waals surface area contributed by atoms with Gasteiger partial charge < -0.3 is 19.7 Å². The monoisotopic (exact) mass is 353 g/mol. The van der Waals surface area contributed by atoms with Crippen LogP contribution in [0.4, 0.5) is 4.79 Å². The molecule has 0 aliphatic carbocycles. The molecule has 0 aliphatic heterocycles. The SMILES string of the molecule is C=CC[C@H](NC(=O)O)c1cc(-c2cc3ccc(C)nc3cc2OC)on1. The van der Waals surface area contributed by atoms with Crippen LogP contribution in [0.1, 0.15) is 23.9 Å². The molecule has 0 radical (unpaired) electrons. The number of carbonyl (C=O) groups is 1. The predicted molar refractivity (Wildman–Crippen MR) is 97.2 cm³/mol. The molecular weight excluding hydrogens is 334 g/mol. The Morgan fingerprint density at radius 3 is 2.92 bits per heavy atom. The number of aryl methyl sites for hydroxylation is 1. The topological polar surface area (TPSA) is 97.5 Å². The Kier molecular flexibility index (Phi) is 4.88. The fourth-order valence-electron chi connectivity index (χ4n) is 2.76. The number of nitrogens with one attached hydrogen (secondary N) is 1. The Hall–Kier alpha value is -3.35. The lowest BCUT2D eigenvalue weighted by Crippen LogP contribution is -2.26. The number of methoxy groups -OCH3 is 1. The summed E-state index contributed by atoms with van der Waals surface area (Å²) in [7, 11) is 1.57. The van der Waals surface area contributed by atoms with Gasteiger partial charge in [0.2, 0.25) is 0 Å². The Balaban J connectivity index is 2.03. The first kappa shape index (κ1) is 17.5. The number of hydrogen-bond acceptors (Lipinski definition) is 5. The first-order valence-corrected chi connectivity index (χ1v) is 8.04. The van der Waals surface area contributed by atoms with Crippen molar-refractivity contribution in [2.45, 2.75) is 19.4 Å². The summed E-state index contributed by atoms with van der Waals surface area (Å²) in [6.07, 6.45) is 0.890. The van der Waals surface area contributed by atoms with E-state index in [1.54, 1.807) is 19.3 Å². The van der Waals surface area contributed by atoms with Crippen LogP contribution >= 0.6 is 0 Å². The Morgan fingerprint density at radius 2 is 2.23 bits per heavy atom. The van der Waals surface area contributed by atoms with E-state index in [-0.39, 0.29) is 0 Å². The van der Waals surface area contributed by atoms with Gasteiger partial charge in [-0.2, -0.15) is 0 Å². The van der Waals surface area contributed by atoms with Crippen LogP contribution in [0.15, 0.2) is 47.5 Å². The molecule has 2 heterocycles. The van der Waals surface area contributed by atoms with Crippen molar-refractivity contribution in [3.05, 3.63) is 54.4 Å². The van der Waals surface area contributed by atoms with Crippen LogP contribution in [0.25, 0.3) is 22.2 Å². The van der Waals surface area contributed by atoms with Crippen LogP contribution in [0.5, 0.6) is 5.75 Å². The van der Waals surface area contributed by atoms with Crippen LogP contribution < -0.4 is 10.1 Å². The van der Waals surface area contributed by atoms with Crippen LogP contribution in [-0.4, -0.2) is 28.5 Å². The van der Waals surface area contributed by atoms with E-state index in [2.05, 4.69) is 22.0 Å². The molecule has 7 nitrogen and oxygen atoms in total. The minimum absolute atomic E-state index is 0.399. The summed E-state index contributed by atoms with van der Waals surface area (Å²) in [5.74, 6) is 1.09. The summed E-state index contributed by atoms with van der Waals surface area (Å²) in [4.78, 5) is 15.5. The lowest BCUT2D eigenvalue weighted by molar-refractivity contribution is 0.189. The molecule has 1 amide bonds. The van der Waals surface area contributed by atoms with Crippen LogP contribution in [0.3, 0.4) is 0 Å². The molecule has 0 saturated carbocycles. The second-order valence-corrected chi connectivity index (χ2v) is 5.84. The number of amides is 1. The summed E-state index contributed by atoms with van der Waals surface area (Å²) in [5.41, 5.74) is 2.94. The molecule has 1 aromatic carbocycles. The van der Waals surface area contributed by atoms with Crippen molar-refractivity contribution in [2.75, 3.05) is 7.11 Å². The van der Waals surface area contributed by atoms with Crippen LogP contribution in [0.2, 0.25) is 0 Å². The van der Waals surface area contributed by atoms with E-state index in [1.807, 2.05) is 31.2 Å². The molecule has 0 fully saturated rings. The maximum Gasteiger partial charge on any atom is 0.405 e. The zero-order valence-corrected chi connectivity index (χ0v) is 14.5. The molecule has 7 heteroatoms. The molecule has 0 saturated heterocycles. The van der Waals surface area contributed by atoms with Gasteiger partial charge in [-0.05, 0) is 25.5 Å². The van der Waals surface area contributed by atoms with Gasteiger partial charge in [-0.3, -0.25) is 4.98 Å². The van der Waals surface area contributed by atoms with Gasteiger partial charge in [-0.1, -0.05) is 17.3 Å². The third kappa shape index (κ3) is 3.51. The number of benzene rings is 1. The van der Waals surface area contributed by atoms with E-state index in [0.29, 0.717) is 23.6 Å². The molecule has 2 N–H and O–H groups in total.